The molecule has 19 heavy (non-hydrogen) atoms. The molecular weight excluding hydrogens is 258 g/mol. The van der Waals surface area contributed by atoms with Gasteiger partial charge < -0.3 is 5.32 Å². The van der Waals surface area contributed by atoms with Crippen molar-refractivity contribution < 1.29 is 0 Å². The Kier molecular flexibility index (Phi) is 3.76. The van der Waals surface area contributed by atoms with E-state index in [9.17, 15) is 0 Å². The molecule has 1 fully saturated rings. The Labute approximate surface area is 118 Å². The van der Waals surface area contributed by atoms with E-state index in [2.05, 4.69) is 15.3 Å². The normalized spacial score (nSPS) is 14.6. The van der Waals surface area contributed by atoms with E-state index >= 15 is 0 Å². The van der Waals surface area contributed by atoms with Crippen molar-refractivity contribution in [1.29, 1.82) is 0 Å². The van der Waals surface area contributed by atoms with Gasteiger partial charge in [-0.25, -0.2) is 9.97 Å². The first-order valence-corrected chi connectivity index (χ1v) is 6.95. The van der Waals surface area contributed by atoms with Gasteiger partial charge in [0.2, 0.25) is 0 Å². The summed E-state index contributed by atoms with van der Waals surface area (Å²) in [7, 11) is 0. The Hall–Kier alpha value is -1.45. The van der Waals surface area contributed by atoms with Crippen LogP contribution in [0.25, 0.3) is 0 Å². The third kappa shape index (κ3) is 3.75. The van der Waals surface area contributed by atoms with Gasteiger partial charge in [0.1, 0.15) is 5.82 Å². The van der Waals surface area contributed by atoms with Crippen LogP contribution in [-0.4, -0.2) is 16.0 Å². The van der Waals surface area contributed by atoms with Gasteiger partial charge in [-0.15, -0.1) is 0 Å². The van der Waals surface area contributed by atoms with E-state index in [1.54, 1.807) is 0 Å². The predicted octanol–water partition coefficient (Wildman–Crippen LogP) is 2.97. The average molecular weight is 274 g/mol. The van der Waals surface area contributed by atoms with Crippen molar-refractivity contribution in [3.63, 3.8) is 0 Å². The van der Waals surface area contributed by atoms with Crippen molar-refractivity contribution in [2.45, 2.75) is 31.8 Å². The second kappa shape index (κ2) is 5.68. The van der Waals surface area contributed by atoms with Gasteiger partial charge in [-0.1, -0.05) is 23.7 Å². The highest BCUT2D eigenvalue weighted by atomic mass is 35.5. The lowest BCUT2D eigenvalue weighted by Crippen LogP contribution is -2.15. The largest absolute Gasteiger partial charge is 0.310 e. The van der Waals surface area contributed by atoms with Gasteiger partial charge in [-0.3, -0.25) is 0 Å². The number of rotatable bonds is 5. The lowest BCUT2D eigenvalue weighted by molar-refractivity contribution is 0.681. The molecule has 3 nitrogen and oxygen atoms in total. The first kappa shape index (κ1) is 12.6. The smallest absolute Gasteiger partial charge is 0.132 e. The molecule has 1 aliphatic rings. The van der Waals surface area contributed by atoms with Crippen molar-refractivity contribution >= 4 is 11.6 Å². The van der Waals surface area contributed by atoms with E-state index in [1.807, 2.05) is 36.7 Å². The molecule has 1 saturated carbocycles. The summed E-state index contributed by atoms with van der Waals surface area (Å²) in [5, 5.41) is 4.21. The number of hydrogen-bond acceptors (Lipinski definition) is 3. The first-order chi connectivity index (χ1) is 9.29. The van der Waals surface area contributed by atoms with Gasteiger partial charge in [-0.05, 0) is 30.5 Å². The number of benzene rings is 1. The van der Waals surface area contributed by atoms with Crippen LogP contribution in [0.1, 0.15) is 29.8 Å². The highest BCUT2D eigenvalue weighted by Crippen LogP contribution is 2.19. The zero-order chi connectivity index (χ0) is 13.1. The van der Waals surface area contributed by atoms with Gasteiger partial charge in [0.25, 0.3) is 0 Å². The first-order valence-electron chi connectivity index (χ1n) is 6.57. The highest BCUT2D eigenvalue weighted by molar-refractivity contribution is 6.30. The number of hydrogen-bond donors (Lipinski definition) is 1. The van der Waals surface area contributed by atoms with Crippen LogP contribution in [0.3, 0.4) is 0 Å². The van der Waals surface area contributed by atoms with Gasteiger partial charge in [-0.2, -0.15) is 0 Å². The molecular formula is C15H16ClN3. The van der Waals surface area contributed by atoms with Gasteiger partial charge in [0.15, 0.2) is 0 Å². The zero-order valence-electron chi connectivity index (χ0n) is 10.6. The Morgan fingerprint density at radius 1 is 1.05 bits per heavy atom. The van der Waals surface area contributed by atoms with E-state index in [0.717, 1.165) is 29.4 Å². The molecule has 3 rings (SSSR count). The van der Waals surface area contributed by atoms with Gasteiger partial charge >= 0.3 is 0 Å². The minimum absolute atomic E-state index is 0.716. The van der Waals surface area contributed by atoms with Crippen LogP contribution in [-0.2, 0) is 13.0 Å². The fraction of sp³-hybridized carbons (Fsp3) is 0.333. The SMILES string of the molecule is Clc1ccc(Cc2ncc(CNC3CC3)cn2)cc1. The Bertz CT molecular complexity index is 532. The minimum Gasteiger partial charge on any atom is -0.310 e. The van der Waals surface area contributed by atoms with Crippen molar-refractivity contribution in [2.75, 3.05) is 0 Å². The van der Waals surface area contributed by atoms with Gasteiger partial charge in [0.05, 0.1) is 0 Å². The molecule has 0 bridgehead atoms. The molecule has 4 heteroatoms. The second-order valence-corrected chi connectivity index (χ2v) is 5.40. The van der Waals surface area contributed by atoms with E-state index in [0.29, 0.717) is 6.04 Å². The lowest BCUT2D eigenvalue weighted by Gasteiger charge is -2.04. The standard InChI is InChI=1S/C15H16ClN3/c16-13-3-1-11(2-4-13)7-15-18-9-12(10-19-15)8-17-14-5-6-14/h1-4,9-10,14,17H,5-8H2. The molecule has 1 aromatic carbocycles. The second-order valence-electron chi connectivity index (χ2n) is 4.97. The zero-order valence-corrected chi connectivity index (χ0v) is 11.4. The monoisotopic (exact) mass is 273 g/mol. The number of halogens is 1. The molecule has 0 aliphatic heterocycles. The molecule has 1 N–H and O–H groups in total. The van der Waals surface area contributed by atoms with E-state index in [4.69, 9.17) is 11.6 Å². The summed E-state index contributed by atoms with van der Waals surface area (Å²) in [4.78, 5) is 8.82. The van der Waals surface area contributed by atoms with Crippen LogP contribution in [0.2, 0.25) is 5.02 Å². The quantitative estimate of drug-likeness (QED) is 0.910. The maximum absolute atomic E-state index is 5.86. The molecule has 1 aromatic heterocycles. The maximum atomic E-state index is 5.86. The summed E-state index contributed by atoms with van der Waals surface area (Å²) in [6, 6.07) is 8.52. The number of aromatic nitrogens is 2. The number of nitrogens with one attached hydrogen (secondary N) is 1. The minimum atomic E-state index is 0.716. The van der Waals surface area contributed by atoms with Crippen molar-refractivity contribution in [3.8, 4) is 0 Å². The Morgan fingerprint density at radius 2 is 1.74 bits per heavy atom. The van der Waals surface area contributed by atoms with Crippen LogP contribution in [0.5, 0.6) is 0 Å². The van der Waals surface area contributed by atoms with Crippen LogP contribution >= 0.6 is 11.6 Å². The third-order valence-corrected chi connectivity index (χ3v) is 3.46. The highest BCUT2D eigenvalue weighted by Gasteiger charge is 2.19. The molecule has 1 aliphatic carbocycles. The van der Waals surface area contributed by atoms with E-state index in [-0.39, 0.29) is 0 Å². The molecule has 0 unspecified atom stereocenters. The third-order valence-electron chi connectivity index (χ3n) is 3.21. The fourth-order valence-electron chi connectivity index (χ4n) is 1.90. The average Bonchev–Trinajstić information content (AvgIpc) is 3.25. The molecule has 0 radical (unpaired) electrons. The topological polar surface area (TPSA) is 37.8 Å². The number of nitrogens with zero attached hydrogens (tertiary/aromatic N) is 2. The van der Waals surface area contributed by atoms with Crippen LogP contribution < -0.4 is 5.32 Å². The van der Waals surface area contributed by atoms with Crippen molar-refractivity contribution in [1.82, 2.24) is 15.3 Å². The summed E-state index contributed by atoms with van der Waals surface area (Å²) in [5.74, 6) is 0.845. The molecule has 0 atom stereocenters. The lowest BCUT2D eigenvalue weighted by atomic mass is 10.1. The Morgan fingerprint density at radius 3 is 2.37 bits per heavy atom. The molecule has 0 amide bonds. The maximum Gasteiger partial charge on any atom is 0.132 e. The van der Waals surface area contributed by atoms with Crippen molar-refractivity contribution in [3.05, 3.63) is 58.6 Å². The fourth-order valence-corrected chi connectivity index (χ4v) is 2.02. The summed E-state index contributed by atoms with van der Waals surface area (Å²) in [6.07, 6.45) is 7.17. The van der Waals surface area contributed by atoms with Crippen molar-refractivity contribution in [2.24, 2.45) is 0 Å². The summed E-state index contributed by atoms with van der Waals surface area (Å²) in [6.45, 7) is 0.867. The van der Waals surface area contributed by atoms with Crippen LogP contribution in [0.15, 0.2) is 36.7 Å². The van der Waals surface area contributed by atoms with Crippen LogP contribution in [0, 0.1) is 0 Å². The molecule has 2 aromatic rings. The summed E-state index contributed by atoms with van der Waals surface area (Å²) < 4.78 is 0. The van der Waals surface area contributed by atoms with Crippen LogP contribution in [0.4, 0.5) is 0 Å². The molecule has 98 valence electrons. The molecule has 1 heterocycles. The van der Waals surface area contributed by atoms with E-state index < -0.39 is 0 Å². The van der Waals surface area contributed by atoms with Gasteiger partial charge in [0, 0.05) is 42.0 Å². The summed E-state index contributed by atoms with van der Waals surface area (Å²) in [5.41, 5.74) is 2.32. The molecule has 0 spiro atoms. The van der Waals surface area contributed by atoms with E-state index in [1.165, 1.54) is 18.4 Å². The Balaban J connectivity index is 1.59. The summed E-state index contributed by atoms with van der Waals surface area (Å²) >= 11 is 5.86. The molecule has 0 saturated heterocycles. The predicted molar refractivity (Wildman–Crippen MR) is 76.2 cm³/mol.